The van der Waals surface area contributed by atoms with Gasteiger partial charge in [0.05, 0.1) is 5.39 Å². The first-order valence-electron chi connectivity index (χ1n) is 4.75. The van der Waals surface area contributed by atoms with E-state index in [1.165, 1.54) is 24.3 Å². The van der Waals surface area contributed by atoms with E-state index in [4.69, 9.17) is 5.73 Å². The fourth-order valence-electron chi connectivity index (χ4n) is 1.57. The van der Waals surface area contributed by atoms with E-state index < -0.39 is 28.8 Å². The molecule has 2 N–H and O–H groups in total. The number of amides is 1. The van der Waals surface area contributed by atoms with Crippen molar-refractivity contribution in [2.24, 2.45) is 5.73 Å². The molecular formula is C11H6F3NO3. The van der Waals surface area contributed by atoms with Gasteiger partial charge in [0.1, 0.15) is 11.1 Å². The third-order valence-corrected chi connectivity index (χ3v) is 2.30. The molecule has 2 rings (SSSR count). The van der Waals surface area contributed by atoms with Gasteiger partial charge >= 0.3 is 6.18 Å². The van der Waals surface area contributed by atoms with Crippen molar-refractivity contribution in [3.63, 3.8) is 0 Å². The van der Waals surface area contributed by atoms with Crippen LogP contribution in [0.1, 0.15) is 16.1 Å². The van der Waals surface area contributed by atoms with Gasteiger partial charge in [0.25, 0.3) is 5.91 Å². The molecule has 0 atom stereocenters. The van der Waals surface area contributed by atoms with Crippen LogP contribution in [0.15, 0.2) is 33.5 Å². The standard InChI is InChI=1S/C11H6F3NO3/c12-11(13,14)9-7(10(15)17)8(16)5-3-1-2-4-6(5)18-9/h1-4H,(H2,15,17). The van der Waals surface area contributed by atoms with Gasteiger partial charge in [-0.2, -0.15) is 13.2 Å². The van der Waals surface area contributed by atoms with Crippen molar-refractivity contribution < 1.29 is 22.4 Å². The molecule has 94 valence electrons. The van der Waals surface area contributed by atoms with E-state index in [0.717, 1.165) is 0 Å². The van der Waals surface area contributed by atoms with Crippen LogP contribution in [-0.4, -0.2) is 5.91 Å². The summed E-state index contributed by atoms with van der Waals surface area (Å²) in [5, 5.41) is -0.126. The lowest BCUT2D eigenvalue weighted by molar-refractivity contribution is -0.153. The quantitative estimate of drug-likeness (QED) is 0.848. The van der Waals surface area contributed by atoms with Crippen molar-refractivity contribution in [2.75, 3.05) is 0 Å². The van der Waals surface area contributed by atoms with Crippen LogP contribution in [0.25, 0.3) is 11.0 Å². The number of alkyl halides is 3. The smallest absolute Gasteiger partial charge is 0.450 e. The molecule has 1 heterocycles. The van der Waals surface area contributed by atoms with E-state index in [9.17, 15) is 22.8 Å². The normalized spacial score (nSPS) is 11.7. The van der Waals surface area contributed by atoms with Crippen molar-refractivity contribution in [3.8, 4) is 0 Å². The number of nitrogens with two attached hydrogens (primary N) is 1. The zero-order valence-electron chi connectivity index (χ0n) is 8.75. The van der Waals surface area contributed by atoms with Gasteiger partial charge < -0.3 is 10.2 Å². The third kappa shape index (κ3) is 1.83. The van der Waals surface area contributed by atoms with Crippen molar-refractivity contribution in [3.05, 3.63) is 45.8 Å². The van der Waals surface area contributed by atoms with Crippen LogP contribution in [0.4, 0.5) is 13.2 Å². The Bertz CT molecular complexity index is 688. The highest BCUT2D eigenvalue weighted by Gasteiger charge is 2.40. The maximum absolute atomic E-state index is 12.7. The number of rotatable bonds is 1. The van der Waals surface area contributed by atoms with Crippen molar-refractivity contribution >= 4 is 16.9 Å². The summed E-state index contributed by atoms with van der Waals surface area (Å²) in [6, 6.07) is 5.32. The molecule has 0 saturated heterocycles. The molecule has 0 bridgehead atoms. The van der Waals surface area contributed by atoms with Gasteiger partial charge in [0, 0.05) is 0 Å². The number of primary amides is 1. The van der Waals surface area contributed by atoms with Crippen LogP contribution >= 0.6 is 0 Å². The summed E-state index contributed by atoms with van der Waals surface area (Å²) >= 11 is 0. The minimum Gasteiger partial charge on any atom is -0.450 e. The van der Waals surface area contributed by atoms with E-state index >= 15 is 0 Å². The predicted molar refractivity (Wildman–Crippen MR) is 56.0 cm³/mol. The molecule has 0 aliphatic carbocycles. The molecule has 0 radical (unpaired) electrons. The molecule has 1 aromatic carbocycles. The molecule has 0 saturated carbocycles. The highest BCUT2D eigenvalue weighted by atomic mass is 19.4. The molecule has 1 aromatic heterocycles. The average Bonchev–Trinajstić information content (AvgIpc) is 2.27. The molecule has 0 aliphatic heterocycles. The fraction of sp³-hybridized carbons (Fsp3) is 0.0909. The van der Waals surface area contributed by atoms with Crippen molar-refractivity contribution in [2.45, 2.75) is 6.18 Å². The number of carbonyl (C=O) groups is 1. The van der Waals surface area contributed by atoms with Gasteiger partial charge in [-0.1, -0.05) is 12.1 Å². The van der Waals surface area contributed by atoms with Crippen LogP contribution in [0.2, 0.25) is 0 Å². The minimum absolute atomic E-state index is 0.126. The maximum Gasteiger partial charge on any atom is 0.450 e. The Hall–Kier alpha value is -2.31. The number of fused-ring (bicyclic) bond motifs is 1. The van der Waals surface area contributed by atoms with Gasteiger partial charge in [0.2, 0.25) is 11.2 Å². The predicted octanol–water partition coefficient (Wildman–Crippen LogP) is 1.91. The van der Waals surface area contributed by atoms with E-state index in [2.05, 4.69) is 4.42 Å². The summed E-state index contributed by atoms with van der Waals surface area (Å²) in [6.45, 7) is 0. The first-order valence-corrected chi connectivity index (χ1v) is 4.75. The van der Waals surface area contributed by atoms with E-state index in [1.54, 1.807) is 0 Å². The van der Waals surface area contributed by atoms with Crippen LogP contribution in [0, 0.1) is 0 Å². The summed E-state index contributed by atoms with van der Waals surface area (Å²) in [5.74, 6) is -3.14. The number of carbonyl (C=O) groups excluding carboxylic acids is 1. The molecule has 7 heteroatoms. The Balaban J connectivity index is 2.98. The largest absolute Gasteiger partial charge is 0.450 e. The summed E-state index contributed by atoms with van der Waals surface area (Å²) in [6.07, 6.45) is -4.96. The lowest BCUT2D eigenvalue weighted by atomic mass is 10.1. The van der Waals surface area contributed by atoms with Crippen LogP contribution in [-0.2, 0) is 6.18 Å². The second kappa shape index (κ2) is 3.86. The number of benzene rings is 1. The molecule has 0 unspecified atom stereocenters. The van der Waals surface area contributed by atoms with E-state index in [-0.39, 0.29) is 11.0 Å². The molecule has 1 amide bonds. The molecule has 0 aliphatic rings. The summed E-state index contributed by atoms with van der Waals surface area (Å²) < 4.78 is 42.6. The molecular weight excluding hydrogens is 251 g/mol. The lowest BCUT2D eigenvalue weighted by Gasteiger charge is -2.09. The Labute approximate surface area is 97.8 Å². The molecule has 4 nitrogen and oxygen atoms in total. The minimum atomic E-state index is -4.96. The molecule has 0 fully saturated rings. The van der Waals surface area contributed by atoms with Crippen LogP contribution < -0.4 is 11.2 Å². The molecule has 2 aromatic rings. The summed E-state index contributed by atoms with van der Waals surface area (Å²) in [4.78, 5) is 22.8. The molecule has 0 spiro atoms. The van der Waals surface area contributed by atoms with Crippen molar-refractivity contribution in [1.29, 1.82) is 0 Å². The van der Waals surface area contributed by atoms with Gasteiger partial charge in [-0.25, -0.2) is 0 Å². The second-order valence-electron chi connectivity index (χ2n) is 3.49. The van der Waals surface area contributed by atoms with Crippen LogP contribution in [0.3, 0.4) is 0 Å². The second-order valence-corrected chi connectivity index (χ2v) is 3.49. The summed E-state index contributed by atoms with van der Waals surface area (Å²) in [7, 11) is 0. The highest BCUT2D eigenvalue weighted by molar-refractivity contribution is 5.96. The first-order chi connectivity index (χ1) is 8.32. The van der Waals surface area contributed by atoms with Crippen LogP contribution in [0.5, 0.6) is 0 Å². The van der Waals surface area contributed by atoms with Gasteiger partial charge in [0.15, 0.2) is 0 Å². The lowest BCUT2D eigenvalue weighted by Crippen LogP contribution is -2.27. The van der Waals surface area contributed by atoms with Crippen molar-refractivity contribution in [1.82, 2.24) is 0 Å². The van der Waals surface area contributed by atoms with E-state index in [0.29, 0.717) is 0 Å². The topological polar surface area (TPSA) is 73.3 Å². The Morgan fingerprint density at radius 1 is 1.22 bits per heavy atom. The number of hydrogen-bond donors (Lipinski definition) is 1. The zero-order chi connectivity index (χ0) is 13.5. The maximum atomic E-state index is 12.7. The fourth-order valence-corrected chi connectivity index (χ4v) is 1.57. The highest BCUT2D eigenvalue weighted by Crippen LogP contribution is 2.32. The van der Waals surface area contributed by atoms with Gasteiger partial charge in [-0.05, 0) is 12.1 Å². The average molecular weight is 257 g/mol. The number of para-hydroxylation sites is 1. The first kappa shape index (κ1) is 12.2. The Morgan fingerprint density at radius 3 is 2.39 bits per heavy atom. The van der Waals surface area contributed by atoms with Gasteiger partial charge in [-0.3, -0.25) is 9.59 Å². The SMILES string of the molecule is NC(=O)c1c(C(F)(F)F)oc2ccccc2c1=O. The number of hydrogen-bond acceptors (Lipinski definition) is 3. The van der Waals surface area contributed by atoms with Gasteiger partial charge in [-0.15, -0.1) is 0 Å². The third-order valence-electron chi connectivity index (χ3n) is 2.30. The Kier molecular flexibility index (Phi) is 2.61. The monoisotopic (exact) mass is 257 g/mol. The van der Waals surface area contributed by atoms with E-state index in [1.807, 2.05) is 0 Å². The number of halogens is 3. The zero-order valence-corrected chi connectivity index (χ0v) is 8.75. The Morgan fingerprint density at radius 2 is 1.83 bits per heavy atom. The molecule has 18 heavy (non-hydrogen) atoms. The summed E-state index contributed by atoms with van der Waals surface area (Å²) in [5.41, 5.74) is 2.29.